The lowest BCUT2D eigenvalue weighted by Crippen LogP contribution is -2.50. The molecule has 2 aromatic heterocycles. The molecule has 0 radical (unpaired) electrons. The number of hydrogen-bond acceptors (Lipinski definition) is 10. The number of furan rings is 1. The zero-order chi connectivity index (χ0) is 29.9. The maximum atomic E-state index is 13.9. The summed E-state index contributed by atoms with van der Waals surface area (Å²) in [6.07, 6.45) is 1.07. The van der Waals surface area contributed by atoms with E-state index >= 15 is 0 Å². The van der Waals surface area contributed by atoms with Crippen molar-refractivity contribution >= 4 is 48.7 Å². The highest BCUT2D eigenvalue weighted by molar-refractivity contribution is 7.89. The molecule has 2 amide bonds. The monoisotopic (exact) mass is 614 g/mol. The van der Waals surface area contributed by atoms with Crippen LogP contribution in [0.4, 0.5) is 9.93 Å². The van der Waals surface area contributed by atoms with Crippen molar-refractivity contribution in [1.82, 2.24) is 14.2 Å². The number of methoxy groups -OCH3 is 2. The number of amides is 2. The van der Waals surface area contributed by atoms with E-state index < -0.39 is 22.0 Å². The van der Waals surface area contributed by atoms with Crippen LogP contribution in [-0.2, 0) is 21.3 Å². The molecular formula is C28H30N4O8S2. The normalized spacial score (nSPS) is 14.1. The van der Waals surface area contributed by atoms with Gasteiger partial charge in [-0.3, -0.25) is 9.69 Å². The van der Waals surface area contributed by atoms with Gasteiger partial charge in [0.15, 0.2) is 5.13 Å². The van der Waals surface area contributed by atoms with Crippen LogP contribution in [-0.4, -0.2) is 81.6 Å². The van der Waals surface area contributed by atoms with E-state index in [2.05, 4.69) is 0 Å². The largest absolute Gasteiger partial charge is 0.495 e. The molecule has 0 N–H and O–H groups in total. The number of rotatable bonds is 9. The number of thiazole rings is 1. The molecule has 12 nitrogen and oxygen atoms in total. The smallest absolute Gasteiger partial charge is 0.409 e. The Morgan fingerprint density at radius 2 is 1.69 bits per heavy atom. The summed E-state index contributed by atoms with van der Waals surface area (Å²) in [6, 6.07) is 12.8. The van der Waals surface area contributed by atoms with E-state index in [1.54, 1.807) is 45.4 Å². The van der Waals surface area contributed by atoms with Gasteiger partial charge < -0.3 is 23.5 Å². The van der Waals surface area contributed by atoms with Crippen LogP contribution < -0.4 is 14.4 Å². The van der Waals surface area contributed by atoms with Crippen LogP contribution in [0, 0.1) is 0 Å². The lowest BCUT2D eigenvalue weighted by molar-refractivity contribution is 0.0933. The molecule has 4 aromatic rings. The summed E-state index contributed by atoms with van der Waals surface area (Å²) in [6.45, 7) is 2.81. The zero-order valence-corrected chi connectivity index (χ0v) is 24.9. The van der Waals surface area contributed by atoms with Gasteiger partial charge in [0.2, 0.25) is 10.0 Å². The van der Waals surface area contributed by atoms with E-state index in [4.69, 9.17) is 23.6 Å². The standard InChI is InChI=1S/C28H30N4O8S2/c1-4-39-28(34)30-13-15-31(16-14-30)42(35,36)21-9-7-19(8-10-21)26(33)32(18-20-6-5-17-40-20)27-29-24-22(37-2)11-12-23(38-3)25(24)41-27/h5-12,17H,4,13-16,18H2,1-3H3. The average molecular weight is 615 g/mol. The summed E-state index contributed by atoms with van der Waals surface area (Å²) < 4.78 is 50.2. The second-order valence-corrected chi connectivity index (χ2v) is 12.1. The summed E-state index contributed by atoms with van der Waals surface area (Å²) in [5, 5.41) is 0.394. The van der Waals surface area contributed by atoms with Gasteiger partial charge in [-0.05, 0) is 55.5 Å². The first-order valence-electron chi connectivity index (χ1n) is 13.1. The second kappa shape index (κ2) is 12.4. The minimum Gasteiger partial charge on any atom is -0.495 e. The van der Waals surface area contributed by atoms with Crippen molar-refractivity contribution in [2.45, 2.75) is 18.4 Å². The number of ether oxygens (including phenoxy) is 3. The van der Waals surface area contributed by atoms with Gasteiger partial charge in [-0.1, -0.05) is 11.3 Å². The van der Waals surface area contributed by atoms with Crippen molar-refractivity contribution in [2.24, 2.45) is 0 Å². The molecule has 14 heteroatoms. The third kappa shape index (κ3) is 5.78. The van der Waals surface area contributed by atoms with E-state index in [1.807, 2.05) is 0 Å². The Balaban J connectivity index is 1.40. The van der Waals surface area contributed by atoms with Crippen LogP contribution in [0.5, 0.6) is 11.5 Å². The second-order valence-electron chi connectivity index (χ2n) is 9.23. The molecule has 0 aliphatic carbocycles. The number of benzene rings is 2. The number of sulfonamides is 1. The quantitative estimate of drug-likeness (QED) is 0.272. The fourth-order valence-electron chi connectivity index (χ4n) is 4.57. The maximum absolute atomic E-state index is 13.9. The first-order valence-corrected chi connectivity index (χ1v) is 15.4. The van der Waals surface area contributed by atoms with Crippen molar-refractivity contribution in [3.8, 4) is 11.5 Å². The predicted molar refractivity (Wildman–Crippen MR) is 156 cm³/mol. The van der Waals surface area contributed by atoms with Crippen molar-refractivity contribution in [2.75, 3.05) is 51.9 Å². The fraction of sp³-hybridized carbons (Fsp3) is 0.321. The molecule has 0 saturated carbocycles. The Bertz CT molecular complexity index is 1620. The lowest BCUT2D eigenvalue weighted by atomic mass is 10.2. The topological polar surface area (TPSA) is 132 Å². The minimum atomic E-state index is -3.84. The molecular weight excluding hydrogens is 584 g/mol. The zero-order valence-electron chi connectivity index (χ0n) is 23.3. The third-order valence-electron chi connectivity index (χ3n) is 6.77. The molecule has 1 aliphatic rings. The van der Waals surface area contributed by atoms with Crippen LogP contribution in [0.1, 0.15) is 23.0 Å². The first kappa shape index (κ1) is 29.4. The van der Waals surface area contributed by atoms with Gasteiger partial charge in [0.05, 0.1) is 38.5 Å². The number of piperazine rings is 1. The van der Waals surface area contributed by atoms with Crippen LogP contribution in [0.3, 0.4) is 0 Å². The molecule has 0 spiro atoms. The number of fused-ring (bicyclic) bond motifs is 1. The Labute approximate surface area is 247 Å². The summed E-state index contributed by atoms with van der Waals surface area (Å²) in [4.78, 5) is 33.5. The summed E-state index contributed by atoms with van der Waals surface area (Å²) in [5.41, 5.74) is 0.824. The SMILES string of the molecule is CCOC(=O)N1CCN(S(=O)(=O)c2ccc(C(=O)N(Cc3ccco3)c3nc4c(OC)ccc(OC)c4s3)cc2)CC1. The Morgan fingerprint density at radius 1 is 1.00 bits per heavy atom. The summed E-state index contributed by atoms with van der Waals surface area (Å²) in [7, 11) is -0.734. The van der Waals surface area contributed by atoms with Gasteiger partial charge in [0.1, 0.15) is 27.5 Å². The van der Waals surface area contributed by atoms with Gasteiger partial charge >= 0.3 is 6.09 Å². The number of nitrogens with zero attached hydrogens (tertiary/aromatic N) is 4. The maximum Gasteiger partial charge on any atom is 0.409 e. The number of anilines is 1. The number of carbonyl (C=O) groups excluding carboxylic acids is 2. The number of carbonyl (C=O) groups is 2. The average Bonchev–Trinajstić information content (AvgIpc) is 3.70. The van der Waals surface area contributed by atoms with E-state index in [1.165, 1.54) is 56.0 Å². The van der Waals surface area contributed by atoms with Crippen molar-refractivity contribution in [1.29, 1.82) is 0 Å². The Hall–Kier alpha value is -4.14. The van der Waals surface area contributed by atoms with Gasteiger partial charge in [-0.15, -0.1) is 0 Å². The molecule has 42 heavy (non-hydrogen) atoms. The number of aromatic nitrogens is 1. The molecule has 1 fully saturated rings. The van der Waals surface area contributed by atoms with Crippen LogP contribution in [0.15, 0.2) is 64.1 Å². The van der Waals surface area contributed by atoms with Crippen molar-refractivity contribution in [3.63, 3.8) is 0 Å². The summed E-state index contributed by atoms with van der Waals surface area (Å²) in [5.74, 6) is 1.28. The number of hydrogen-bond donors (Lipinski definition) is 0. The Kier molecular flexibility index (Phi) is 8.66. The molecule has 0 bridgehead atoms. The summed E-state index contributed by atoms with van der Waals surface area (Å²) >= 11 is 1.27. The van der Waals surface area contributed by atoms with E-state index in [0.717, 1.165) is 0 Å². The van der Waals surface area contributed by atoms with Gasteiger partial charge in [-0.25, -0.2) is 18.2 Å². The van der Waals surface area contributed by atoms with Gasteiger partial charge in [0.25, 0.3) is 5.91 Å². The third-order valence-corrected chi connectivity index (χ3v) is 9.78. The first-order chi connectivity index (χ1) is 20.3. The van der Waals surface area contributed by atoms with Crippen LogP contribution >= 0.6 is 11.3 Å². The molecule has 1 saturated heterocycles. The molecule has 5 rings (SSSR count). The minimum absolute atomic E-state index is 0.0516. The van der Waals surface area contributed by atoms with E-state index in [-0.39, 0.29) is 49.8 Å². The van der Waals surface area contributed by atoms with Crippen molar-refractivity contribution < 1.29 is 36.6 Å². The molecule has 0 atom stereocenters. The fourth-order valence-corrected chi connectivity index (χ4v) is 7.07. The molecule has 1 aliphatic heterocycles. The predicted octanol–water partition coefficient (Wildman–Crippen LogP) is 4.22. The van der Waals surface area contributed by atoms with Gasteiger partial charge in [0, 0.05) is 31.7 Å². The highest BCUT2D eigenvalue weighted by atomic mass is 32.2. The molecule has 2 aromatic carbocycles. The van der Waals surface area contributed by atoms with E-state index in [0.29, 0.717) is 32.6 Å². The molecule has 3 heterocycles. The molecule has 0 unspecified atom stereocenters. The highest BCUT2D eigenvalue weighted by Gasteiger charge is 2.31. The van der Waals surface area contributed by atoms with Crippen molar-refractivity contribution in [3.05, 3.63) is 66.1 Å². The van der Waals surface area contributed by atoms with Crippen LogP contribution in [0.2, 0.25) is 0 Å². The Morgan fingerprint density at radius 3 is 2.31 bits per heavy atom. The van der Waals surface area contributed by atoms with E-state index in [9.17, 15) is 18.0 Å². The molecule has 222 valence electrons. The highest BCUT2D eigenvalue weighted by Crippen LogP contribution is 2.40. The van der Waals surface area contributed by atoms with Gasteiger partial charge in [-0.2, -0.15) is 4.31 Å². The lowest BCUT2D eigenvalue weighted by Gasteiger charge is -2.33. The van der Waals surface area contributed by atoms with Crippen LogP contribution in [0.25, 0.3) is 10.2 Å².